The lowest BCUT2D eigenvalue weighted by molar-refractivity contribution is -0.118. The van der Waals surface area contributed by atoms with Crippen molar-refractivity contribution in [3.8, 4) is 17.2 Å². The van der Waals surface area contributed by atoms with Crippen LogP contribution in [0.5, 0.6) is 17.2 Å². The lowest BCUT2D eigenvalue weighted by Crippen LogP contribution is -2.27. The first-order valence-corrected chi connectivity index (χ1v) is 10.6. The van der Waals surface area contributed by atoms with Crippen molar-refractivity contribution in [1.29, 1.82) is 0 Å². The Morgan fingerprint density at radius 1 is 1.20 bits per heavy atom. The Labute approximate surface area is 174 Å². The minimum Gasteiger partial charge on any atom is -0.497 e. The highest BCUT2D eigenvalue weighted by atomic mass is 32.2. The van der Waals surface area contributed by atoms with E-state index in [1.165, 1.54) is 39.3 Å². The maximum Gasteiger partial charge on any atom is 0.262 e. The molecule has 2 N–H and O–H groups in total. The van der Waals surface area contributed by atoms with E-state index < -0.39 is 21.0 Å². The lowest BCUT2D eigenvalue weighted by atomic mass is 10.2. The standard InChI is InChI=1S/C20H22N2O7S/c1-12(8-19(23)22-16-9-13(27-2)4-7-17(16)28-3)30(25,26)14-5-6-15-18(10-14)29-11-20(24)21-15/h4-7,9-10,12H,8,11H2,1-3H3,(H,21,24)(H,22,23). The van der Waals surface area contributed by atoms with Crippen molar-refractivity contribution in [2.45, 2.75) is 23.5 Å². The van der Waals surface area contributed by atoms with Gasteiger partial charge in [-0.05, 0) is 31.2 Å². The van der Waals surface area contributed by atoms with Crippen molar-refractivity contribution in [2.75, 3.05) is 31.5 Å². The van der Waals surface area contributed by atoms with Gasteiger partial charge in [0.2, 0.25) is 5.91 Å². The summed E-state index contributed by atoms with van der Waals surface area (Å²) in [4.78, 5) is 23.9. The van der Waals surface area contributed by atoms with Gasteiger partial charge in [-0.3, -0.25) is 9.59 Å². The predicted octanol–water partition coefficient (Wildman–Crippen LogP) is 2.23. The molecule has 10 heteroatoms. The summed E-state index contributed by atoms with van der Waals surface area (Å²) in [6.45, 7) is 1.27. The van der Waals surface area contributed by atoms with E-state index in [9.17, 15) is 18.0 Å². The van der Waals surface area contributed by atoms with Crippen LogP contribution in [0.1, 0.15) is 13.3 Å². The third kappa shape index (κ3) is 4.48. The number of methoxy groups -OCH3 is 2. The zero-order valence-corrected chi connectivity index (χ0v) is 17.5. The molecule has 1 aliphatic rings. The molecular weight excluding hydrogens is 412 g/mol. The minimum atomic E-state index is -3.81. The van der Waals surface area contributed by atoms with Crippen LogP contribution >= 0.6 is 0 Å². The summed E-state index contributed by atoms with van der Waals surface area (Å²) in [6.07, 6.45) is -0.266. The van der Waals surface area contributed by atoms with Crippen LogP contribution in [0.15, 0.2) is 41.3 Å². The zero-order chi connectivity index (χ0) is 21.9. The van der Waals surface area contributed by atoms with Crippen molar-refractivity contribution in [1.82, 2.24) is 0 Å². The van der Waals surface area contributed by atoms with E-state index in [0.29, 0.717) is 22.9 Å². The molecule has 0 fully saturated rings. The van der Waals surface area contributed by atoms with Crippen molar-refractivity contribution >= 4 is 33.0 Å². The number of anilines is 2. The van der Waals surface area contributed by atoms with Gasteiger partial charge in [-0.15, -0.1) is 0 Å². The third-order valence-corrected chi connectivity index (χ3v) is 6.73. The zero-order valence-electron chi connectivity index (χ0n) is 16.7. The van der Waals surface area contributed by atoms with E-state index in [-0.39, 0.29) is 29.6 Å². The number of hydrogen-bond acceptors (Lipinski definition) is 7. The average molecular weight is 434 g/mol. The minimum absolute atomic E-state index is 0.0108. The Balaban J connectivity index is 1.74. The number of ether oxygens (including phenoxy) is 3. The fraction of sp³-hybridized carbons (Fsp3) is 0.300. The number of rotatable bonds is 7. The summed E-state index contributed by atoms with van der Waals surface area (Å²) in [6, 6.07) is 9.10. The summed E-state index contributed by atoms with van der Waals surface area (Å²) in [7, 11) is -0.852. The van der Waals surface area contributed by atoms with E-state index in [1.54, 1.807) is 18.2 Å². The molecule has 1 unspecified atom stereocenters. The van der Waals surface area contributed by atoms with Gasteiger partial charge < -0.3 is 24.8 Å². The summed E-state index contributed by atoms with van der Waals surface area (Å²) in [5.74, 6) is 0.421. The second kappa shape index (κ2) is 8.62. The van der Waals surface area contributed by atoms with Crippen LogP contribution in [0.3, 0.4) is 0 Å². The molecule has 9 nitrogen and oxygen atoms in total. The molecule has 0 aromatic heterocycles. The molecule has 1 aliphatic heterocycles. The van der Waals surface area contributed by atoms with Crippen molar-refractivity contribution < 1.29 is 32.2 Å². The second-order valence-corrected chi connectivity index (χ2v) is 9.04. The fourth-order valence-electron chi connectivity index (χ4n) is 2.95. The molecule has 3 rings (SSSR count). The van der Waals surface area contributed by atoms with Crippen LogP contribution < -0.4 is 24.8 Å². The highest BCUT2D eigenvalue weighted by Crippen LogP contribution is 2.32. The normalized spacial score (nSPS) is 14.0. The molecule has 1 atom stereocenters. The quantitative estimate of drug-likeness (QED) is 0.686. The molecule has 0 radical (unpaired) electrons. The van der Waals surface area contributed by atoms with E-state index in [2.05, 4.69) is 10.6 Å². The largest absolute Gasteiger partial charge is 0.497 e. The number of carbonyl (C=O) groups excluding carboxylic acids is 2. The molecule has 0 aliphatic carbocycles. The smallest absolute Gasteiger partial charge is 0.262 e. The number of fused-ring (bicyclic) bond motifs is 1. The van der Waals surface area contributed by atoms with Gasteiger partial charge in [0.15, 0.2) is 16.4 Å². The molecule has 0 saturated carbocycles. The molecule has 0 bridgehead atoms. The van der Waals surface area contributed by atoms with Crippen LogP contribution in [-0.4, -0.2) is 46.3 Å². The van der Waals surface area contributed by atoms with Crippen LogP contribution in [0.4, 0.5) is 11.4 Å². The van der Waals surface area contributed by atoms with Gasteiger partial charge in [-0.2, -0.15) is 0 Å². The van der Waals surface area contributed by atoms with Gasteiger partial charge >= 0.3 is 0 Å². The summed E-state index contributed by atoms with van der Waals surface area (Å²) in [5, 5.41) is 4.27. The lowest BCUT2D eigenvalue weighted by Gasteiger charge is -2.19. The maximum atomic E-state index is 12.9. The number of hydrogen-bond donors (Lipinski definition) is 2. The van der Waals surface area contributed by atoms with Crippen LogP contribution in [0, 0.1) is 0 Å². The number of sulfone groups is 1. The Morgan fingerprint density at radius 3 is 2.67 bits per heavy atom. The Morgan fingerprint density at radius 2 is 1.97 bits per heavy atom. The second-order valence-electron chi connectivity index (χ2n) is 6.67. The van der Waals surface area contributed by atoms with Gasteiger partial charge in [0.25, 0.3) is 5.91 Å². The molecule has 1 heterocycles. The summed E-state index contributed by atoms with van der Waals surface area (Å²) in [5.41, 5.74) is 0.782. The Hall–Kier alpha value is -3.27. The first-order valence-electron chi connectivity index (χ1n) is 9.07. The Kier molecular flexibility index (Phi) is 6.16. The molecule has 0 saturated heterocycles. The fourth-order valence-corrected chi connectivity index (χ4v) is 4.31. The van der Waals surface area contributed by atoms with Crippen LogP contribution in [0.2, 0.25) is 0 Å². The SMILES string of the molecule is COc1ccc(OC)c(NC(=O)CC(C)S(=O)(=O)c2ccc3c(c2)OCC(=O)N3)c1. The van der Waals surface area contributed by atoms with Gasteiger partial charge in [0.1, 0.15) is 17.2 Å². The van der Waals surface area contributed by atoms with Gasteiger partial charge in [-0.1, -0.05) is 0 Å². The van der Waals surface area contributed by atoms with Crippen LogP contribution in [-0.2, 0) is 19.4 Å². The molecule has 30 heavy (non-hydrogen) atoms. The topological polar surface area (TPSA) is 120 Å². The van der Waals surface area contributed by atoms with Crippen molar-refractivity contribution in [2.24, 2.45) is 0 Å². The monoisotopic (exact) mass is 434 g/mol. The van der Waals surface area contributed by atoms with E-state index >= 15 is 0 Å². The number of benzene rings is 2. The van der Waals surface area contributed by atoms with Gasteiger partial charge in [-0.25, -0.2) is 8.42 Å². The summed E-state index contributed by atoms with van der Waals surface area (Å²) >= 11 is 0. The van der Waals surface area contributed by atoms with Gasteiger partial charge in [0.05, 0.1) is 35.7 Å². The predicted molar refractivity (Wildman–Crippen MR) is 110 cm³/mol. The first-order chi connectivity index (χ1) is 14.2. The van der Waals surface area contributed by atoms with Gasteiger partial charge in [0, 0.05) is 18.6 Å². The molecule has 2 aromatic rings. The average Bonchev–Trinajstić information content (AvgIpc) is 2.72. The third-order valence-electron chi connectivity index (χ3n) is 4.60. The number of amides is 2. The van der Waals surface area contributed by atoms with Crippen molar-refractivity contribution in [3.05, 3.63) is 36.4 Å². The van der Waals surface area contributed by atoms with E-state index in [4.69, 9.17) is 14.2 Å². The van der Waals surface area contributed by atoms with Crippen molar-refractivity contribution in [3.63, 3.8) is 0 Å². The van der Waals surface area contributed by atoms with Crippen LogP contribution in [0.25, 0.3) is 0 Å². The molecule has 160 valence electrons. The summed E-state index contributed by atoms with van der Waals surface area (Å²) < 4.78 is 41.5. The number of carbonyl (C=O) groups is 2. The maximum absolute atomic E-state index is 12.9. The highest BCUT2D eigenvalue weighted by Gasteiger charge is 2.28. The first kappa shape index (κ1) is 21.4. The molecule has 2 amide bonds. The molecule has 2 aromatic carbocycles. The molecular formula is C20H22N2O7S. The molecule has 0 spiro atoms. The highest BCUT2D eigenvalue weighted by molar-refractivity contribution is 7.92. The Bertz CT molecular complexity index is 1080. The van der Waals surface area contributed by atoms with E-state index in [1.807, 2.05) is 0 Å². The number of nitrogens with one attached hydrogen (secondary N) is 2. The van der Waals surface area contributed by atoms with E-state index in [0.717, 1.165) is 0 Å².